The lowest BCUT2D eigenvalue weighted by Crippen LogP contribution is -2.34. The molecule has 1 unspecified atom stereocenters. The molecule has 0 aromatic carbocycles. The van der Waals surface area contributed by atoms with Gasteiger partial charge in [0.1, 0.15) is 0 Å². The van der Waals surface area contributed by atoms with Crippen LogP contribution in [0.1, 0.15) is 26.7 Å². The highest BCUT2D eigenvalue weighted by molar-refractivity contribution is 5.76. The van der Waals surface area contributed by atoms with Crippen molar-refractivity contribution in [2.45, 2.75) is 26.7 Å². The van der Waals surface area contributed by atoms with Crippen molar-refractivity contribution in [3.8, 4) is 0 Å². The standard InChI is InChI=1S/C9H18O4/c1-3-6-13-8(12)9(2,7-11)4-5-10/h10-11H,3-7H2,1-2H3. The van der Waals surface area contributed by atoms with E-state index in [0.29, 0.717) is 6.61 Å². The van der Waals surface area contributed by atoms with Crippen molar-refractivity contribution in [3.05, 3.63) is 0 Å². The first-order valence-electron chi connectivity index (χ1n) is 4.49. The summed E-state index contributed by atoms with van der Waals surface area (Å²) in [5, 5.41) is 17.7. The zero-order valence-corrected chi connectivity index (χ0v) is 8.25. The molecule has 0 heterocycles. The second-order valence-electron chi connectivity index (χ2n) is 3.33. The Balaban J connectivity index is 4.12. The molecule has 0 aromatic heterocycles. The third-order valence-electron chi connectivity index (χ3n) is 1.94. The molecule has 0 amide bonds. The van der Waals surface area contributed by atoms with E-state index in [0.717, 1.165) is 6.42 Å². The molecule has 4 heteroatoms. The summed E-state index contributed by atoms with van der Waals surface area (Å²) in [6.07, 6.45) is 0.985. The van der Waals surface area contributed by atoms with E-state index in [1.165, 1.54) is 0 Å². The van der Waals surface area contributed by atoms with Crippen LogP contribution < -0.4 is 0 Å². The third-order valence-corrected chi connectivity index (χ3v) is 1.94. The molecule has 0 aliphatic carbocycles. The van der Waals surface area contributed by atoms with Gasteiger partial charge in [-0.3, -0.25) is 4.79 Å². The first-order chi connectivity index (χ1) is 6.10. The SMILES string of the molecule is CCCOC(=O)C(C)(CO)CCO. The van der Waals surface area contributed by atoms with Crippen molar-refractivity contribution in [3.63, 3.8) is 0 Å². The highest BCUT2D eigenvalue weighted by atomic mass is 16.5. The van der Waals surface area contributed by atoms with Crippen LogP contribution in [-0.4, -0.2) is 36.0 Å². The Bertz CT molecular complexity index is 158. The van der Waals surface area contributed by atoms with Gasteiger partial charge in [0.2, 0.25) is 0 Å². The van der Waals surface area contributed by atoms with E-state index >= 15 is 0 Å². The van der Waals surface area contributed by atoms with Crippen molar-refractivity contribution in [2.24, 2.45) is 5.41 Å². The van der Waals surface area contributed by atoms with Crippen LogP contribution in [0.15, 0.2) is 0 Å². The highest BCUT2D eigenvalue weighted by Crippen LogP contribution is 2.21. The maximum Gasteiger partial charge on any atom is 0.314 e. The fourth-order valence-electron chi connectivity index (χ4n) is 0.861. The van der Waals surface area contributed by atoms with Crippen LogP contribution in [0, 0.1) is 5.41 Å². The minimum Gasteiger partial charge on any atom is -0.465 e. The lowest BCUT2D eigenvalue weighted by atomic mass is 9.88. The normalized spacial score (nSPS) is 15.1. The van der Waals surface area contributed by atoms with E-state index in [-0.39, 0.29) is 19.6 Å². The summed E-state index contributed by atoms with van der Waals surface area (Å²) < 4.78 is 4.89. The van der Waals surface area contributed by atoms with Gasteiger partial charge in [-0.05, 0) is 19.8 Å². The number of carbonyl (C=O) groups is 1. The summed E-state index contributed by atoms with van der Waals surface area (Å²) in [5.41, 5.74) is -0.954. The number of aliphatic hydroxyl groups excluding tert-OH is 2. The topological polar surface area (TPSA) is 66.8 Å². The minimum atomic E-state index is -0.954. The largest absolute Gasteiger partial charge is 0.465 e. The molecule has 0 rings (SSSR count). The monoisotopic (exact) mass is 190 g/mol. The summed E-state index contributed by atoms with van der Waals surface area (Å²) in [4.78, 5) is 11.4. The van der Waals surface area contributed by atoms with E-state index in [2.05, 4.69) is 0 Å². The van der Waals surface area contributed by atoms with Crippen LogP contribution in [-0.2, 0) is 9.53 Å². The van der Waals surface area contributed by atoms with E-state index in [4.69, 9.17) is 14.9 Å². The Morgan fingerprint density at radius 3 is 2.46 bits per heavy atom. The lowest BCUT2D eigenvalue weighted by Gasteiger charge is -2.23. The average Bonchev–Trinajstić information content (AvgIpc) is 2.14. The number of carbonyl (C=O) groups excluding carboxylic acids is 1. The Hall–Kier alpha value is -0.610. The Morgan fingerprint density at radius 2 is 2.08 bits per heavy atom. The molecule has 13 heavy (non-hydrogen) atoms. The van der Waals surface area contributed by atoms with Gasteiger partial charge >= 0.3 is 5.97 Å². The van der Waals surface area contributed by atoms with Gasteiger partial charge in [0.15, 0.2) is 0 Å². The van der Waals surface area contributed by atoms with Crippen molar-refractivity contribution in [2.75, 3.05) is 19.8 Å². The molecule has 4 nitrogen and oxygen atoms in total. The molecule has 0 saturated heterocycles. The third kappa shape index (κ3) is 3.74. The summed E-state index contributed by atoms with van der Waals surface area (Å²) >= 11 is 0. The van der Waals surface area contributed by atoms with Gasteiger partial charge in [0, 0.05) is 6.61 Å². The van der Waals surface area contributed by atoms with Crippen LogP contribution in [0.2, 0.25) is 0 Å². The highest BCUT2D eigenvalue weighted by Gasteiger charge is 2.33. The predicted octanol–water partition coefficient (Wildman–Crippen LogP) is 0.321. The molecular weight excluding hydrogens is 172 g/mol. The van der Waals surface area contributed by atoms with Gasteiger partial charge in [0.05, 0.1) is 18.6 Å². The van der Waals surface area contributed by atoms with Gasteiger partial charge in [-0.2, -0.15) is 0 Å². The van der Waals surface area contributed by atoms with Crippen LogP contribution in [0.4, 0.5) is 0 Å². The second kappa shape index (κ2) is 5.94. The first-order valence-corrected chi connectivity index (χ1v) is 4.49. The molecule has 0 aliphatic rings. The van der Waals surface area contributed by atoms with E-state index < -0.39 is 11.4 Å². The zero-order valence-electron chi connectivity index (χ0n) is 8.25. The summed E-state index contributed by atoms with van der Waals surface area (Å²) in [5.74, 6) is -0.439. The predicted molar refractivity (Wildman–Crippen MR) is 48.1 cm³/mol. The molecule has 0 radical (unpaired) electrons. The van der Waals surface area contributed by atoms with Gasteiger partial charge in [-0.25, -0.2) is 0 Å². The molecule has 2 N–H and O–H groups in total. The number of ether oxygens (including phenoxy) is 1. The fraction of sp³-hybridized carbons (Fsp3) is 0.889. The van der Waals surface area contributed by atoms with E-state index in [1.807, 2.05) is 6.92 Å². The van der Waals surface area contributed by atoms with Gasteiger partial charge < -0.3 is 14.9 Å². The molecule has 0 aromatic rings. The van der Waals surface area contributed by atoms with Gasteiger partial charge in [-0.1, -0.05) is 6.92 Å². The summed E-state index contributed by atoms with van der Waals surface area (Å²) in [7, 11) is 0. The lowest BCUT2D eigenvalue weighted by molar-refractivity contribution is -0.158. The average molecular weight is 190 g/mol. The van der Waals surface area contributed by atoms with Crippen LogP contribution in [0.25, 0.3) is 0 Å². The Morgan fingerprint density at radius 1 is 1.46 bits per heavy atom. The maximum absolute atomic E-state index is 11.4. The number of rotatable bonds is 6. The number of esters is 1. The quantitative estimate of drug-likeness (QED) is 0.592. The molecule has 0 saturated carbocycles. The Labute approximate surface area is 78.5 Å². The van der Waals surface area contributed by atoms with Crippen LogP contribution in [0.5, 0.6) is 0 Å². The van der Waals surface area contributed by atoms with Gasteiger partial charge in [-0.15, -0.1) is 0 Å². The first kappa shape index (κ1) is 12.4. The molecule has 78 valence electrons. The summed E-state index contributed by atoms with van der Waals surface area (Å²) in [6, 6.07) is 0. The number of hydrogen-bond acceptors (Lipinski definition) is 4. The number of hydrogen-bond donors (Lipinski definition) is 2. The molecular formula is C9H18O4. The molecule has 0 spiro atoms. The molecule has 0 bridgehead atoms. The molecule has 1 atom stereocenters. The van der Waals surface area contributed by atoms with Crippen LogP contribution >= 0.6 is 0 Å². The number of aliphatic hydroxyl groups is 2. The van der Waals surface area contributed by atoms with Crippen molar-refractivity contribution in [1.82, 2.24) is 0 Å². The van der Waals surface area contributed by atoms with Crippen molar-refractivity contribution < 1.29 is 19.7 Å². The smallest absolute Gasteiger partial charge is 0.314 e. The zero-order chi connectivity index (χ0) is 10.3. The summed E-state index contributed by atoms with van der Waals surface area (Å²) in [6.45, 7) is 3.42. The van der Waals surface area contributed by atoms with Gasteiger partial charge in [0.25, 0.3) is 0 Å². The fourth-order valence-corrected chi connectivity index (χ4v) is 0.861. The van der Waals surface area contributed by atoms with E-state index in [1.54, 1.807) is 6.92 Å². The molecule has 0 fully saturated rings. The van der Waals surface area contributed by atoms with Crippen LogP contribution in [0.3, 0.4) is 0 Å². The maximum atomic E-state index is 11.4. The molecule has 0 aliphatic heterocycles. The second-order valence-corrected chi connectivity index (χ2v) is 3.33. The van der Waals surface area contributed by atoms with Crippen molar-refractivity contribution >= 4 is 5.97 Å². The van der Waals surface area contributed by atoms with E-state index in [9.17, 15) is 4.79 Å². The minimum absolute atomic E-state index is 0.127. The van der Waals surface area contributed by atoms with Crippen molar-refractivity contribution in [1.29, 1.82) is 0 Å². The Kier molecular flexibility index (Phi) is 5.66.